The summed E-state index contributed by atoms with van der Waals surface area (Å²) in [6, 6.07) is 0. The molecular weight excluding hydrogens is 832 g/mol. The first-order chi connectivity index (χ1) is 31.2. The van der Waals surface area contributed by atoms with Gasteiger partial charge in [-0.05, 0) is 89.9 Å². The number of unbranched alkanes of at least 4 members (excludes halogenated alkanes) is 13. The van der Waals surface area contributed by atoms with Crippen LogP contribution in [0.1, 0.15) is 188 Å². The SMILES string of the molecule is CC/C=C\C/C=C\C/C=C\C/C=C\CCC(=O)OC(COC(=O)CCCCCCC/C=C\C/C=C\CCC)COP(=O)(O)OCC(CO)OC(=O)CCCCCCC/C=C\CCCC. The van der Waals surface area contributed by atoms with Crippen LogP contribution >= 0.6 is 7.82 Å². The molecule has 0 heterocycles. The monoisotopic (exact) mass is 919 g/mol. The lowest BCUT2D eigenvalue weighted by Gasteiger charge is -2.21. The lowest BCUT2D eigenvalue weighted by Crippen LogP contribution is -2.30. The highest BCUT2D eigenvalue weighted by Gasteiger charge is 2.28. The fraction of sp³-hybridized carbons (Fsp3) is 0.673. The molecule has 0 aliphatic heterocycles. The molecule has 0 aromatic rings. The molecule has 0 aliphatic rings. The quantitative estimate of drug-likeness (QED) is 0.0197. The van der Waals surface area contributed by atoms with Gasteiger partial charge < -0.3 is 24.2 Å². The number of hydrogen-bond donors (Lipinski definition) is 2. The molecule has 0 radical (unpaired) electrons. The Hall–Kier alpha value is -3.34. The minimum atomic E-state index is -4.76. The summed E-state index contributed by atoms with van der Waals surface area (Å²) in [7, 11) is -4.76. The third-order valence-electron chi connectivity index (χ3n) is 9.77. The molecule has 3 atom stereocenters. The maximum absolute atomic E-state index is 12.8. The maximum Gasteiger partial charge on any atom is 0.472 e. The van der Waals surface area contributed by atoms with Gasteiger partial charge in [-0.1, -0.05) is 164 Å². The molecule has 0 spiro atoms. The van der Waals surface area contributed by atoms with Crippen LogP contribution in [0.5, 0.6) is 0 Å². The van der Waals surface area contributed by atoms with E-state index in [9.17, 15) is 28.9 Å². The van der Waals surface area contributed by atoms with Crippen molar-refractivity contribution in [3.05, 3.63) is 85.1 Å². The second-order valence-corrected chi connectivity index (χ2v) is 17.3. The van der Waals surface area contributed by atoms with Gasteiger partial charge in [0.2, 0.25) is 0 Å². The number of esters is 3. The van der Waals surface area contributed by atoms with E-state index in [1.165, 1.54) is 12.8 Å². The van der Waals surface area contributed by atoms with Gasteiger partial charge in [0.05, 0.1) is 19.8 Å². The lowest BCUT2D eigenvalue weighted by molar-refractivity contribution is -0.161. The van der Waals surface area contributed by atoms with Crippen LogP contribution < -0.4 is 0 Å². The fourth-order valence-electron chi connectivity index (χ4n) is 6.03. The van der Waals surface area contributed by atoms with Crippen LogP contribution in [0.4, 0.5) is 0 Å². The number of rotatable bonds is 44. The molecule has 0 aromatic heterocycles. The van der Waals surface area contributed by atoms with Crippen LogP contribution in [0, 0.1) is 0 Å². The Morgan fingerprint density at radius 2 is 0.875 bits per heavy atom. The van der Waals surface area contributed by atoms with Crippen molar-refractivity contribution in [1.82, 2.24) is 0 Å². The third-order valence-corrected chi connectivity index (χ3v) is 10.7. The highest BCUT2D eigenvalue weighted by Crippen LogP contribution is 2.43. The molecule has 0 aliphatic carbocycles. The van der Waals surface area contributed by atoms with Crippen LogP contribution in [0.25, 0.3) is 0 Å². The van der Waals surface area contributed by atoms with E-state index < -0.39 is 57.8 Å². The molecule has 0 saturated carbocycles. The van der Waals surface area contributed by atoms with Crippen LogP contribution in [0.15, 0.2) is 85.1 Å². The summed E-state index contributed by atoms with van der Waals surface area (Å²) < 4.78 is 39.1. The number of aliphatic hydroxyl groups excluding tert-OH is 1. The molecule has 366 valence electrons. The zero-order valence-corrected chi connectivity index (χ0v) is 40.9. The van der Waals surface area contributed by atoms with E-state index >= 15 is 0 Å². The van der Waals surface area contributed by atoms with Crippen LogP contribution in [-0.2, 0) is 42.2 Å². The average molecular weight is 919 g/mol. The number of hydrogen-bond acceptors (Lipinski definition) is 10. The van der Waals surface area contributed by atoms with Crippen molar-refractivity contribution in [2.24, 2.45) is 0 Å². The van der Waals surface area contributed by atoms with Crippen LogP contribution in [0.3, 0.4) is 0 Å². The highest BCUT2D eigenvalue weighted by atomic mass is 31.2. The van der Waals surface area contributed by atoms with E-state index in [0.29, 0.717) is 19.3 Å². The number of allylic oxidation sites excluding steroid dienone is 14. The standard InChI is InChI=1S/C52H87O11P/c1-4-7-10-13-16-19-22-24-27-29-32-35-38-41-50(54)59-45-49(63-52(56)43-40-37-34-31-28-25-23-20-17-14-11-8-5-2)47-61-64(57,58)60-46-48(44-53)62-51(55)42-39-36-33-30-26-21-18-15-12-9-6-3/h8,10-11,13,15,17-20,22,25,28,34,37,48-49,53H,4-7,9,12,14,16,21,23-24,26-27,29-33,35-36,38-47H2,1-3H3,(H,57,58)/b11-8-,13-10-,18-15-,20-17-,22-19-,28-25-,37-34-. The van der Waals surface area contributed by atoms with E-state index in [2.05, 4.69) is 93.7 Å². The summed E-state index contributed by atoms with van der Waals surface area (Å²) in [4.78, 5) is 48.1. The number of carbonyl (C=O) groups is 3. The fourth-order valence-corrected chi connectivity index (χ4v) is 6.82. The van der Waals surface area contributed by atoms with E-state index in [4.69, 9.17) is 23.3 Å². The lowest BCUT2D eigenvalue weighted by atomic mass is 10.1. The molecule has 0 saturated heterocycles. The smallest absolute Gasteiger partial charge is 0.462 e. The summed E-state index contributed by atoms with van der Waals surface area (Å²) in [5, 5.41) is 9.74. The summed E-state index contributed by atoms with van der Waals surface area (Å²) in [5.74, 6) is -1.60. The van der Waals surface area contributed by atoms with Gasteiger partial charge in [-0.2, -0.15) is 0 Å². The number of phosphoric acid groups is 1. The number of carbonyl (C=O) groups excluding carboxylic acids is 3. The van der Waals surface area contributed by atoms with Gasteiger partial charge in [-0.25, -0.2) is 4.57 Å². The Bertz CT molecular complexity index is 1400. The average Bonchev–Trinajstić information content (AvgIpc) is 3.28. The van der Waals surface area contributed by atoms with Crippen molar-refractivity contribution in [2.75, 3.05) is 26.4 Å². The first-order valence-corrected chi connectivity index (χ1v) is 26.0. The normalized spacial score (nSPS) is 14.3. The van der Waals surface area contributed by atoms with E-state index in [1.54, 1.807) is 0 Å². The molecule has 12 heteroatoms. The van der Waals surface area contributed by atoms with Crippen molar-refractivity contribution in [2.45, 2.75) is 200 Å². The molecule has 0 aromatic carbocycles. The number of ether oxygens (including phenoxy) is 3. The van der Waals surface area contributed by atoms with Gasteiger partial charge in [-0.15, -0.1) is 0 Å². The first-order valence-electron chi connectivity index (χ1n) is 24.5. The minimum absolute atomic E-state index is 0.0398. The van der Waals surface area contributed by atoms with Gasteiger partial charge >= 0.3 is 25.7 Å². The Kier molecular flexibility index (Phi) is 43.8. The summed E-state index contributed by atoms with van der Waals surface area (Å²) in [6.45, 7) is 4.27. The molecule has 0 rings (SSSR count). The molecule has 11 nitrogen and oxygen atoms in total. The Balaban J connectivity index is 4.88. The first kappa shape index (κ1) is 60.7. The van der Waals surface area contributed by atoms with E-state index in [1.807, 2.05) is 12.2 Å². The molecule has 3 unspecified atom stereocenters. The Morgan fingerprint density at radius 3 is 1.42 bits per heavy atom. The van der Waals surface area contributed by atoms with Crippen LogP contribution in [0.2, 0.25) is 0 Å². The van der Waals surface area contributed by atoms with Gasteiger partial charge in [0, 0.05) is 19.3 Å². The van der Waals surface area contributed by atoms with Gasteiger partial charge in [-0.3, -0.25) is 23.4 Å². The van der Waals surface area contributed by atoms with Gasteiger partial charge in [0.25, 0.3) is 0 Å². The number of phosphoric ester groups is 1. The molecule has 0 amide bonds. The molecular formula is C52H87O11P. The van der Waals surface area contributed by atoms with Gasteiger partial charge in [0.1, 0.15) is 12.7 Å². The van der Waals surface area contributed by atoms with Crippen molar-refractivity contribution in [1.29, 1.82) is 0 Å². The molecule has 64 heavy (non-hydrogen) atoms. The third kappa shape index (κ3) is 43.9. The minimum Gasteiger partial charge on any atom is -0.462 e. The second-order valence-electron chi connectivity index (χ2n) is 15.9. The Morgan fingerprint density at radius 1 is 0.453 bits per heavy atom. The maximum atomic E-state index is 12.8. The molecule has 0 bridgehead atoms. The largest absolute Gasteiger partial charge is 0.472 e. The van der Waals surface area contributed by atoms with Crippen LogP contribution in [-0.4, -0.2) is 66.5 Å². The van der Waals surface area contributed by atoms with E-state index in [-0.39, 0.29) is 25.9 Å². The predicted octanol–water partition coefficient (Wildman–Crippen LogP) is 13.6. The second kappa shape index (κ2) is 46.2. The highest BCUT2D eigenvalue weighted by molar-refractivity contribution is 7.47. The van der Waals surface area contributed by atoms with Crippen molar-refractivity contribution >= 4 is 25.7 Å². The summed E-state index contributed by atoms with van der Waals surface area (Å²) >= 11 is 0. The zero-order valence-electron chi connectivity index (χ0n) is 40.0. The molecule has 2 N–H and O–H groups in total. The number of aliphatic hydroxyl groups is 1. The molecule has 0 fully saturated rings. The zero-order chi connectivity index (χ0) is 47.0. The summed E-state index contributed by atoms with van der Waals surface area (Å²) in [6.07, 6.45) is 50.1. The Labute approximate surface area is 388 Å². The topological polar surface area (TPSA) is 155 Å². The predicted molar refractivity (Wildman–Crippen MR) is 261 cm³/mol. The van der Waals surface area contributed by atoms with E-state index in [0.717, 1.165) is 116 Å². The van der Waals surface area contributed by atoms with Gasteiger partial charge in [0.15, 0.2) is 6.10 Å². The van der Waals surface area contributed by atoms with Crippen molar-refractivity contribution in [3.8, 4) is 0 Å². The van der Waals surface area contributed by atoms with Crippen molar-refractivity contribution < 1.29 is 52.2 Å². The summed E-state index contributed by atoms with van der Waals surface area (Å²) in [5.41, 5.74) is 0. The van der Waals surface area contributed by atoms with Crippen molar-refractivity contribution in [3.63, 3.8) is 0 Å².